The zero-order chi connectivity index (χ0) is 20.2. The van der Waals surface area contributed by atoms with Gasteiger partial charge in [-0.3, -0.25) is 9.59 Å². The quantitative estimate of drug-likeness (QED) is 0.183. The average Bonchev–Trinajstić information content (AvgIpc) is 2.64. The highest BCUT2D eigenvalue weighted by Gasteiger charge is 2.10. The molecule has 0 N–H and O–H groups in total. The maximum absolute atomic E-state index is 11.8. The molecule has 0 aliphatic carbocycles. The van der Waals surface area contributed by atoms with E-state index in [9.17, 15) is 9.59 Å². The first-order valence-corrected chi connectivity index (χ1v) is 11.4. The van der Waals surface area contributed by atoms with Crippen molar-refractivity contribution in [2.75, 3.05) is 6.61 Å². The second kappa shape index (κ2) is 19.7. The van der Waals surface area contributed by atoms with E-state index in [2.05, 4.69) is 13.8 Å². The zero-order valence-electron chi connectivity index (χ0n) is 18.2. The number of hydrogen-bond acceptors (Lipinski definition) is 4. The van der Waals surface area contributed by atoms with E-state index in [0.717, 1.165) is 38.5 Å². The molecule has 0 rings (SSSR count). The minimum Gasteiger partial charge on any atom is -0.466 e. The first-order chi connectivity index (χ1) is 13.1. The van der Waals surface area contributed by atoms with E-state index in [1.807, 2.05) is 6.92 Å². The third-order valence-corrected chi connectivity index (χ3v) is 4.82. The van der Waals surface area contributed by atoms with Crippen molar-refractivity contribution in [3.8, 4) is 0 Å². The van der Waals surface area contributed by atoms with Gasteiger partial charge in [-0.2, -0.15) is 0 Å². The lowest BCUT2D eigenvalue weighted by Crippen LogP contribution is -2.16. The van der Waals surface area contributed by atoms with Gasteiger partial charge in [-0.05, 0) is 32.6 Å². The molecular formula is C23H44O4. The number of carbonyl (C=O) groups is 2. The van der Waals surface area contributed by atoms with E-state index in [1.54, 1.807) is 0 Å². The first-order valence-electron chi connectivity index (χ1n) is 11.4. The maximum Gasteiger partial charge on any atom is 0.306 e. The normalized spacial score (nSPS) is 12.0. The summed E-state index contributed by atoms with van der Waals surface area (Å²) >= 11 is 0. The van der Waals surface area contributed by atoms with Crippen molar-refractivity contribution in [2.45, 2.75) is 130 Å². The van der Waals surface area contributed by atoms with Gasteiger partial charge in [-0.15, -0.1) is 0 Å². The molecule has 0 fully saturated rings. The van der Waals surface area contributed by atoms with Gasteiger partial charge < -0.3 is 9.47 Å². The Balaban J connectivity index is 3.47. The van der Waals surface area contributed by atoms with Crippen LogP contribution in [0.2, 0.25) is 0 Å². The van der Waals surface area contributed by atoms with Gasteiger partial charge >= 0.3 is 11.9 Å². The molecule has 0 aliphatic rings. The van der Waals surface area contributed by atoms with Gasteiger partial charge in [0.2, 0.25) is 0 Å². The SMILES string of the molecule is CCCCCCCCC(=O)OCCCC(C)OC(=O)CCCCCCCC. The Morgan fingerprint density at radius 3 is 1.70 bits per heavy atom. The van der Waals surface area contributed by atoms with Crippen molar-refractivity contribution in [1.29, 1.82) is 0 Å². The van der Waals surface area contributed by atoms with E-state index in [4.69, 9.17) is 9.47 Å². The number of rotatable bonds is 19. The van der Waals surface area contributed by atoms with Gasteiger partial charge in [0.05, 0.1) is 12.7 Å². The summed E-state index contributed by atoms with van der Waals surface area (Å²) in [6.07, 6.45) is 16.5. The van der Waals surface area contributed by atoms with Crippen LogP contribution >= 0.6 is 0 Å². The molecule has 0 spiro atoms. The fourth-order valence-electron chi connectivity index (χ4n) is 3.07. The van der Waals surface area contributed by atoms with Crippen LogP contribution < -0.4 is 0 Å². The fraction of sp³-hybridized carbons (Fsp3) is 0.913. The van der Waals surface area contributed by atoms with Crippen LogP contribution in [0.15, 0.2) is 0 Å². The second-order valence-electron chi connectivity index (χ2n) is 7.70. The lowest BCUT2D eigenvalue weighted by molar-refractivity contribution is -0.150. The smallest absolute Gasteiger partial charge is 0.306 e. The van der Waals surface area contributed by atoms with Crippen LogP contribution in [-0.4, -0.2) is 24.6 Å². The lowest BCUT2D eigenvalue weighted by Gasteiger charge is -2.13. The molecule has 0 bridgehead atoms. The second-order valence-corrected chi connectivity index (χ2v) is 7.70. The van der Waals surface area contributed by atoms with Gasteiger partial charge in [-0.1, -0.05) is 78.1 Å². The van der Waals surface area contributed by atoms with Crippen LogP contribution in [0.3, 0.4) is 0 Å². The predicted molar refractivity (Wildman–Crippen MR) is 112 cm³/mol. The monoisotopic (exact) mass is 384 g/mol. The summed E-state index contributed by atoms with van der Waals surface area (Å²) in [7, 11) is 0. The summed E-state index contributed by atoms with van der Waals surface area (Å²) in [5.41, 5.74) is 0. The molecule has 1 atom stereocenters. The van der Waals surface area contributed by atoms with Gasteiger partial charge in [0.15, 0.2) is 0 Å². The average molecular weight is 385 g/mol. The summed E-state index contributed by atoms with van der Waals surface area (Å²) < 4.78 is 10.7. The minimum atomic E-state index is -0.102. The third-order valence-electron chi connectivity index (χ3n) is 4.82. The Morgan fingerprint density at radius 2 is 1.15 bits per heavy atom. The molecule has 160 valence electrons. The van der Waals surface area contributed by atoms with E-state index >= 15 is 0 Å². The standard InChI is InChI=1S/C23H44O4/c1-4-6-8-10-12-14-18-22(24)26-20-16-17-21(3)27-23(25)19-15-13-11-9-7-5-2/h21H,4-20H2,1-3H3. The summed E-state index contributed by atoms with van der Waals surface area (Å²) in [6.45, 7) is 6.75. The Kier molecular flexibility index (Phi) is 18.9. The van der Waals surface area contributed by atoms with Crippen molar-refractivity contribution < 1.29 is 19.1 Å². The number of carbonyl (C=O) groups excluding carboxylic acids is 2. The molecule has 0 heterocycles. The molecule has 0 saturated carbocycles. The van der Waals surface area contributed by atoms with Crippen molar-refractivity contribution in [2.24, 2.45) is 0 Å². The lowest BCUT2D eigenvalue weighted by atomic mass is 10.1. The van der Waals surface area contributed by atoms with Gasteiger partial charge in [0.1, 0.15) is 0 Å². The van der Waals surface area contributed by atoms with Gasteiger partial charge in [0.25, 0.3) is 0 Å². The largest absolute Gasteiger partial charge is 0.466 e. The van der Waals surface area contributed by atoms with Crippen molar-refractivity contribution in [3.63, 3.8) is 0 Å². The Morgan fingerprint density at radius 1 is 0.667 bits per heavy atom. The van der Waals surface area contributed by atoms with Crippen LogP contribution in [0.1, 0.15) is 124 Å². The van der Waals surface area contributed by atoms with E-state index in [-0.39, 0.29) is 18.0 Å². The molecule has 0 aliphatic heterocycles. The first kappa shape index (κ1) is 25.9. The number of esters is 2. The molecule has 4 heteroatoms. The molecule has 0 aromatic rings. The summed E-state index contributed by atoms with van der Waals surface area (Å²) in [5, 5.41) is 0. The molecule has 0 saturated heterocycles. The van der Waals surface area contributed by atoms with E-state index in [0.29, 0.717) is 19.4 Å². The topological polar surface area (TPSA) is 52.6 Å². The summed E-state index contributed by atoms with van der Waals surface area (Å²) in [5.74, 6) is -0.198. The number of unbranched alkanes of at least 4 members (excludes halogenated alkanes) is 10. The molecule has 27 heavy (non-hydrogen) atoms. The maximum atomic E-state index is 11.8. The molecule has 1 unspecified atom stereocenters. The van der Waals surface area contributed by atoms with Crippen molar-refractivity contribution in [1.82, 2.24) is 0 Å². The minimum absolute atomic E-state index is 0.0989. The molecular weight excluding hydrogens is 340 g/mol. The van der Waals surface area contributed by atoms with E-state index in [1.165, 1.54) is 51.4 Å². The third kappa shape index (κ3) is 19.5. The van der Waals surface area contributed by atoms with Crippen LogP contribution in [0.5, 0.6) is 0 Å². The summed E-state index contributed by atoms with van der Waals surface area (Å²) in [6, 6.07) is 0. The fourth-order valence-corrected chi connectivity index (χ4v) is 3.07. The number of hydrogen-bond donors (Lipinski definition) is 0. The highest BCUT2D eigenvalue weighted by atomic mass is 16.5. The Hall–Kier alpha value is -1.06. The Bertz CT molecular complexity index is 354. The molecule has 0 amide bonds. The number of ether oxygens (including phenoxy) is 2. The van der Waals surface area contributed by atoms with Crippen LogP contribution in [0.25, 0.3) is 0 Å². The van der Waals surface area contributed by atoms with E-state index < -0.39 is 0 Å². The Labute approximate surface area is 167 Å². The molecule has 0 radical (unpaired) electrons. The van der Waals surface area contributed by atoms with Crippen LogP contribution in [0.4, 0.5) is 0 Å². The highest BCUT2D eigenvalue weighted by molar-refractivity contribution is 5.69. The summed E-state index contributed by atoms with van der Waals surface area (Å²) in [4.78, 5) is 23.4. The van der Waals surface area contributed by atoms with Gasteiger partial charge in [-0.25, -0.2) is 0 Å². The molecule has 4 nitrogen and oxygen atoms in total. The molecule has 0 aromatic heterocycles. The van der Waals surface area contributed by atoms with Crippen LogP contribution in [0, 0.1) is 0 Å². The molecule has 0 aromatic carbocycles. The predicted octanol–water partition coefficient (Wildman–Crippen LogP) is 6.74. The van der Waals surface area contributed by atoms with Crippen molar-refractivity contribution >= 4 is 11.9 Å². The highest BCUT2D eigenvalue weighted by Crippen LogP contribution is 2.10. The van der Waals surface area contributed by atoms with Crippen LogP contribution in [-0.2, 0) is 19.1 Å². The van der Waals surface area contributed by atoms with Crippen molar-refractivity contribution in [3.05, 3.63) is 0 Å². The van der Waals surface area contributed by atoms with Gasteiger partial charge in [0, 0.05) is 12.8 Å². The zero-order valence-corrected chi connectivity index (χ0v) is 18.2.